The summed E-state index contributed by atoms with van der Waals surface area (Å²) in [6.45, 7) is 7.05. The van der Waals surface area contributed by atoms with E-state index in [1.54, 1.807) is 0 Å². The molecule has 0 saturated heterocycles. The molecule has 0 radical (unpaired) electrons. The van der Waals surface area contributed by atoms with E-state index in [2.05, 4.69) is 37.0 Å². The van der Waals surface area contributed by atoms with Gasteiger partial charge in [0.2, 0.25) is 0 Å². The zero-order chi connectivity index (χ0) is 17.1. The van der Waals surface area contributed by atoms with Crippen LogP contribution in [0.1, 0.15) is 18.4 Å². The molecular weight excluding hydrogens is 304 g/mol. The number of benzene rings is 1. The highest BCUT2D eigenvalue weighted by Crippen LogP contribution is 2.09. The van der Waals surface area contributed by atoms with Crippen LogP contribution in [-0.4, -0.2) is 32.2 Å². The molecule has 1 N–H and O–H groups in total. The topological polar surface area (TPSA) is 38.7 Å². The molecule has 0 heterocycles. The third kappa shape index (κ3) is 9.94. The Kier molecular flexibility index (Phi) is 8.69. The van der Waals surface area contributed by atoms with Gasteiger partial charge in [0.15, 0.2) is 0 Å². The van der Waals surface area contributed by atoms with Crippen LogP contribution in [0.5, 0.6) is 0 Å². The van der Waals surface area contributed by atoms with E-state index < -0.39 is 14.2 Å². The maximum atomic E-state index is 10.0. The molecule has 0 bridgehead atoms. The highest BCUT2D eigenvalue weighted by atomic mass is 28.3. The molecule has 0 spiro atoms. The monoisotopic (exact) mass is 330 g/mol. The molecule has 0 aliphatic carbocycles. The Morgan fingerprint density at radius 2 is 1.91 bits per heavy atom. The molecule has 2 atom stereocenters. The van der Waals surface area contributed by atoms with Crippen molar-refractivity contribution in [2.24, 2.45) is 0 Å². The summed E-state index contributed by atoms with van der Waals surface area (Å²) in [6, 6.07) is 9.89. The number of hydrogen-bond donors (Lipinski definition) is 1. The first-order valence-electron chi connectivity index (χ1n) is 7.78. The Bertz CT molecular complexity index is 546. The van der Waals surface area contributed by atoms with E-state index in [9.17, 15) is 5.11 Å². The first-order chi connectivity index (χ1) is 10.9. The van der Waals surface area contributed by atoms with Crippen molar-refractivity contribution < 1.29 is 14.6 Å². The Balaban J connectivity index is 2.36. The van der Waals surface area contributed by atoms with Crippen molar-refractivity contribution in [2.75, 3.05) is 6.79 Å². The highest BCUT2D eigenvalue weighted by molar-refractivity contribution is 6.83. The van der Waals surface area contributed by atoms with Gasteiger partial charge in [-0.15, -0.1) is 17.9 Å². The largest absolute Gasteiger partial charge is 0.380 e. The molecule has 0 aliphatic rings. The lowest BCUT2D eigenvalue weighted by atomic mass is 10.1. The average Bonchev–Trinajstić information content (AvgIpc) is 2.50. The zero-order valence-corrected chi connectivity index (χ0v) is 15.2. The number of aliphatic hydroxyl groups is 1. The van der Waals surface area contributed by atoms with Crippen LogP contribution in [0.15, 0.2) is 30.3 Å². The van der Waals surface area contributed by atoms with Gasteiger partial charge >= 0.3 is 0 Å². The van der Waals surface area contributed by atoms with Crippen LogP contribution in [0, 0.1) is 23.8 Å². The van der Waals surface area contributed by atoms with Crippen molar-refractivity contribution in [3.8, 4) is 23.8 Å². The van der Waals surface area contributed by atoms with E-state index in [1.807, 2.05) is 30.3 Å². The molecule has 23 heavy (non-hydrogen) atoms. The first-order valence-corrected chi connectivity index (χ1v) is 11.3. The summed E-state index contributed by atoms with van der Waals surface area (Å²) in [6.07, 6.45) is 5.23. The molecule has 1 rings (SSSR count). The molecular formula is C19H26O3Si. The molecule has 0 amide bonds. The summed E-state index contributed by atoms with van der Waals surface area (Å²) in [4.78, 5) is 0. The summed E-state index contributed by atoms with van der Waals surface area (Å²) in [7, 11) is -1.49. The molecule has 0 unspecified atom stereocenters. The van der Waals surface area contributed by atoms with Crippen LogP contribution in [0.25, 0.3) is 0 Å². The number of rotatable bonds is 8. The van der Waals surface area contributed by atoms with E-state index in [1.165, 1.54) is 0 Å². The van der Waals surface area contributed by atoms with E-state index in [0.29, 0.717) is 19.4 Å². The minimum Gasteiger partial charge on any atom is -0.380 e. The fourth-order valence-corrected chi connectivity index (χ4v) is 2.43. The predicted octanol–water partition coefficient (Wildman–Crippen LogP) is 3.20. The van der Waals surface area contributed by atoms with Crippen LogP contribution in [0.3, 0.4) is 0 Å². The lowest BCUT2D eigenvalue weighted by Gasteiger charge is -2.17. The molecule has 1 aromatic carbocycles. The summed E-state index contributed by atoms with van der Waals surface area (Å²) >= 11 is 0. The van der Waals surface area contributed by atoms with Gasteiger partial charge in [-0.25, -0.2) is 0 Å². The number of terminal acetylenes is 1. The lowest BCUT2D eigenvalue weighted by molar-refractivity contribution is -0.101. The molecule has 1 aromatic rings. The third-order valence-electron chi connectivity index (χ3n) is 2.94. The van der Waals surface area contributed by atoms with Crippen LogP contribution in [0.4, 0.5) is 0 Å². The Hall–Kier alpha value is -1.56. The summed E-state index contributed by atoms with van der Waals surface area (Å²) < 4.78 is 11.1. The lowest BCUT2D eigenvalue weighted by Crippen LogP contribution is -2.22. The summed E-state index contributed by atoms with van der Waals surface area (Å²) in [5.41, 5.74) is 4.25. The van der Waals surface area contributed by atoms with Gasteiger partial charge in [0.05, 0.1) is 12.7 Å². The van der Waals surface area contributed by atoms with Gasteiger partial charge in [0.1, 0.15) is 21.0 Å². The quantitative estimate of drug-likeness (QED) is 0.344. The van der Waals surface area contributed by atoms with Crippen molar-refractivity contribution in [2.45, 2.75) is 51.3 Å². The highest BCUT2D eigenvalue weighted by Gasteiger charge is 2.14. The van der Waals surface area contributed by atoms with Gasteiger partial charge in [0.25, 0.3) is 0 Å². The van der Waals surface area contributed by atoms with Gasteiger partial charge in [-0.05, 0) is 5.56 Å². The van der Waals surface area contributed by atoms with E-state index in [-0.39, 0.29) is 12.9 Å². The maximum absolute atomic E-state index is 10.0. The molecule has 0 saturated carbocycles. The fraction of sp³-hybridized carbons (Fsp3) is 0.474. The van der Waals surface area contributed by atoms with Crippen LogP contribution in [0.2, 0.25) is 19.6 Å². The van der Waals surface area contributed by atoms with E-state index in [4.69, 9.17) is 15.9 Å². The Morgan fingerprint density at radius 3 is 2.52 bits per heavy atom. The summed E-state index contributed by atoms with van der Waals surface area (Å²) in [5, 5.41) is 10.0. The van der Waals surface area contributed by atoms with Gasteiger partial charge in [-0.1, -0.05) is 55.9 Å². The van der Waals surface area contributed by atoms with Crippen molar-refractivity contribution in [1.29, 1.82) is 0 Å². The molecule has 0 fully saturated rings. The number of ether oxygens (including phenoxy) is 2. The van der Waals surface area contributed by atoms with Gasteiger partial charge in [-0.3, -0.25) is 0 Å². The normalized spacial score (nSPS) is 13.5. The minimum absolute atomic E-state index is 0.148. The van der Waals surface area contributed by atoms with Crippen molar-refractivity contribution in [1.82, 2.24) is 0 Å². The SMILES string of the molecule is C#CC[C@H](C[C@H](O)C#C[Si](C)(C)C)OCOCc1ccccc1. The Labute approximate surface area is 141 Å². The van der Waals surface area contributed by atoms with Crippen LogP contribution < -0.4 is 0 Å². The van der Waals surface area contributed by atoms with Gasteiger partial charge < -0.3 is 14.6 Å². The minimum atomic E-state index is -1.49. The molecule has 124 valence electrons. The second-order valence-electron chi connectivity index (χ2n) is 6.42. The fourth-order valence-electron chi connectivity index (χ4n) is 1.83. The van der Waals surface area contributed by atoms with Crippen LogP contribution in [-0.2, 0) is 16.1 Å². The molecule has 0 aliphatic heterocycles. The standard InChI is InChI=1S/C19H26O3Si/c1-5-9-19(14-18(20)12-13-23(2,3)4)22-16-21-15-17-10-7-6-8-11-17/h1,6-8,10-11,18-20H,9,14-16H2,2-4H3/t18-,19-/m1/s1. The second-order valence-corrected chi connectivity index (χ2v) is 11.2. The van der Waals surface area contributed by atoms with Gasteiger partial charge in [0, 0.05) is 12.8 Å². The summed E-state index contributed by atoms with van der Waals surface area (Å²) in [5.74, 6) is 5.48. The first kappa shape index (κ1) is 19.5. The molecule has 3 nitrogen and oxygen atoms in total. The number of hydrogen-bond acceptors (Lipinski definition) is 3. The molecule has 4 heteroatoms. The molecule has 0 aromatic heterocycles. The maximum Gasteiger partial charge on any atom is 0.147 e. The Morgan fingerprint density at radius 1 is 1.22 bits per heavy atom. The van der Waals surface area contributed by atoms with Crippen molar-refractivity contribution >= 4 is 8.07 Å². The smallest absolute Gasteiger partial charge is 0.147 e. The zero-order valence-electron chi connectivity index (χ0n) is 14.2. The number of aliphatic hydroxyl groups excluding tert-OH is 1. The van der Waals surface area contributed by atoms with Crippen LogP contribution >= 0.6 is 0 Å². The van der Waals surface area contributed by atoms with Crippen molar-refractivity contribution in [3.05, 3.63) is 35.9 Å². The second kappa shape index (κ2) is 10.3. The van der Waals surface area contributed by atoms with Crippen molar-refractivity contribution in [3.63, 3.8) is 0 Å². The predicted molar refractivity (Wildman–Crippen MR) is 96.2 cm³/mol. The average molecular weight is 330 g/mol. The van der Waals surface area contributed by atoms with E-state index in [0.717, 1.165) is 5.56 Å². The van der Waals surface area contributed by atoms with E-state index >= 15 is 0 Å². The van der Waals surface area contributed by atoms with Gasteiger partial charge in [-0.2, -0.15) is 0 Å². The third-order valence-corrected chi connectivity index (χ3v) is 3.84.